The Labute approximate surface area is 112 Å². The highest BCUT2D eigenvalue weighted by Gasteiger charge is 2.22. The molecule has 0 saturated carbocycles. The molecule has 1 aromatic rings. The van der Waals surface area contributed by atoms with E-state index in [0.29, 0.717) is 17.9 Å². The molecule has 1 aliphatic rings. The van der Waals surface area contributed by atoms with E-state index in [1.165, 1.54) is 0 Å². The molecular formula is C11H18ClN3O3. The van der Waals surface area contributed by atoms with E-state index >= 15 is 0 Å². The van der Waals surface area contributed by atoms with Gasteiger partial charge >= 0.3 is 5.97 Å². The molecule has 1 N–H and O–H groups in total. The summed E-state index contributed by atoms with van der Waals surface area (Å²) in [6.45, 7) is 6.26. The van der Waals surface area contributed by atoms with Crippen molar-refractivity contribution in [1.82, 2.24) is 15.0 Å². The van der Waals surface area contributed by atoms with Gasteiger partial charge in [-0.15, -0.1) is 12.4 Å². The molecule has 6 nitrogen and oxygen atoms in total. The fraction of sp³-hybridized carbons (Fsp3) is 0.636. The van der Waals surface area contributed by atoms with E-state index in [2.05, 4.69) is 22.0 Å². The third kappa shape index (κ3) is 3.22. The van der Waals surface area contributed by atoms with Gasteiger partial charge in [-0.2, -0.15) is 0 Å². The van der Waals surface area contributed by atoms with E-state index in [1.54, 1.807) is 6.92 Å². The normalized spacial score (nSPS) is 17.4. The molecule has 1 aliphatic heterocycles. The Hall–Kier alpha value is -1.11. The van der Waals surface area contributed by atoms with Gasteiger partial charge in [0, 0.05) is 38.3 Å². The van der Waals surface area contributed by atoms with Crippen molar-refractivity contribution < 1.29 is 14.4 Å². The molecule has 7 heteroatoms. The smallest absolute Gasteiger partial charge is 0.358 e. The van der Waals surface area contributed by atoms with E-state index in [4.69, 9.17) is 9.63 Å². The van der Waals surface area contributed by atoms with Gasteiger partial charge in [-0.1, -0.05) is 5.16 Å². The number of aromatic nitrogens is 1. The standard InChI is InChI=1S/C11H17N3O3.ClH/c1-8-9(10(11(15)16)12-17-8)7-14-5-3-13(2)4-6-14;/h3-7H2,1-2H3,(H,15,16);1H. The molecule has 102 valence electrons. The highest BCUT2D eigenvalue weighted by Crippen LogP contribution is 2.16. The molecule has 0 aromatic carbocycles. The predicted octanol–water partition coefficient (Wildman–Crippen LogP) is 0.850. The van der Waals surface area contributed by atoms with E-state index in [1.807, 2.05) is 0 Å². The first-order valence-corrected chi connectivity index (χ1v) is 5.67. The molecule has 0 aliphatic carbocycles. The number of rotatable bonds is 3. The topological polar surface area (TPSA) is 69.8 Å². The molecule has 1 aromatic heterocycles. The Morgan fingerprint density at radius 1 is 1.39 bits per heavy atom. The number of likely N-dealkylation sites (N-methyl/N-ethyl adjacent to an activating group) is 1. The summed E-state index contributed by atoms with van der Waals surface area (Å²) in [5, 5.41) is 12.6. The van der Waals surface area contributed by atoms with Crippen molar-refractivity contribution in [2.45, 2.75) is 13.5 Å². The van der Waals surface area contributed by atoms with E-state index in [9.17, 15) is 4.79 Å². The first kappa shape index (κ1) is 14.9. The zero-order chi connectivity index (χ0) is 12.4. The molecule has 0 unspecified atom stereocenters. The number of aromatic carboxylic acids is 1. The van der Waals surface area contributed by atoms with E-state index in [-0.39, 0.29) is 18.1 Å². The summed E-state index contributed by atoms with van der Waals surface area (Å²) < 4.78 is 4.95. The lowest BCUT2D eigenvalue weighted by Gasteiger charge is -2.32. The van der Waals surface area contributed by atoms with Gasteiger partial charge in [0.1, 0.15) is 5.76 Å². The average molecular weight is 276 g/mol. The zero-order valence-corrected chi connectivity index (χ0v) is 11.4. The van der Waals surface area contributed by atoms with Crippen LogP contribution in [0.1, 0.15) is 21.8 Å². The van der Waals surface area contributed by atoms with Crippen molar-refractivity contribution in [2.75, 3.05) is 33.2 Å². The summed E-state index contributed by atoms with van der Waals surface area (Å²) in [6, 6.07) is 0. The third-order valence-electron chi connectivity index (χ3n) is 3.16. The van der Waals surface area contributed by atoms with Gasteiger partial charge in [-0.3, -0.25) is 4.90 Å². The van der Waals surface area contributed by atoms with Crippen LogP contribution in [-0.2, 0) is 6.54 Å². The van der Waals surface area contributed by atoms with Gasteiger partial charge in [0.2, 0.25) is 0 Å². The molecular weight excluding hydrogens is 258 g/mol. The summed E-state index contributed by atoms with van der Waals surface area (Å²) in [6.07, 6.45) is 0. The van der Waals surface area contributed by atoms with Crippen molar-refractivity contribution in [3.8, 4) is 0 Å². The van der Waals surface area contributed by atoms with Crippen LogP contribution in [0.5, 0.6) is 0 Å². The SMILES string of the molecule is Cc1onc(C(=O)O)c1CN1CCN(C)CC1.Cl. The van der Waals surface area contributed by atoms with Crippen LogP contribution >= 0.6 is 12.4 Å². The first-order valence-electron chi connectivity index (χ1n) is 5.67. The van der Waals surface area contributed by atoms with Crippen molar-refractivity contribution in [3.05, 3.63) is 17.0 Å². The number of aryl methyl sites for hydroxylation is 1. The molecule has 0 atom stereocenters. The van der Waals surface area contributed by atoms with Gasteiger partial charge in [0.05, 0.1) is 0 Å². The summed E-state index contributed by atoms with van der Waals surface area (Å²) >= 11 is 0. The van der Waals surface area contributed by atoms with Gasteiger partial charge < -0.3 is 14.5 Å². The number of nitrogens with zero attached hydrogens (tertiary/aromatic N) is 3. The molecule has 0 spiro atoms. The summed E-state index contributed by atoms with van der Waals surface area (Å²) in [5.74, 6) is -0.424. The summed E-state index contributed by atoms with van der Waals surface area (Å²) in [7, 11) is 2.09. The molecule has 2 rings (SSSR count). The minimum Gasteiger partial charge on any atom is -0.476 e. The third-order valence-corrected chi connectivity index (χ3v) is 3.16. The van der Waals surface area contributed by atoms with Gasteiger partial charge in [0.25, 0.3) is 0 Å². The Morgan fingerprint density at radius 3 is 2.56 bits per heavy atom. The summed E-state index contributed by atoms with van der Waals surface area (Å²) in [5.41, 5.74) is 0.739. The van der Waals surface area contributed by atoms with Crippen LogP contribution in [0.3, 0.4) is 0 Å². The Balaban J connectivity index is 0.00000162. The van der Waals surface area contributed by atoms with E-state index in [0.717, 1.165) is 26.2 Å². The lowest BCUT2D eigenvalue weighted by atomic mass is 10.1. The minimum absolute atomic E-state index is 0. The molecule has 1 saturated heterocycles. The molecule has 1 fully saturated rings. The number of hydrogen-bond acceptors (Lipinski definition) is 5. The highest BCUT2D eigenvalue weighted by molar-refractivity contribution is 5.87. The number of carbonyl (C=O) groups is 1. The highest BCUT2D eigenvalue weighted by atomic mass is 35.5. The second kappa shape index (κ2) is 6.17. The van der Waals surface area contributed by atoms with Crippen molar-refractivity contribution in [2.24, 2.45) is 0 Å². The molecule has 0 amide bonds. The Kier molecular flexibility index (Phi) is 5.13. The number of carboxylic acids is 1. The van der Waals surface area contributed by atoms with Crippen LogP contribution in [-0.4, -0.2) is 59.3 Å². The maximum Gasteiger partial charge on any atom is 0.358 e. The molecule has 18 heavy (non-hydrogen) atoms. The number of carboxylic acid groups (broad SMARTS) is 1. The lowest BCUT2D eigenvalue weighted by Crippen LogP contribution is -2.44. The van der Waals surface area contributed by atoms with Crippen LogP contribution in [0, 0.1) is 6.92 Å². The first-order chi connectivity index (χ1) is 8.08. The second-order valence-corrected chi connectivity index (χ2v) is 4.45. The zero-order valence-electron chi connectivity index (χ0n) is 10.5. The predicted molar refractivity (Wildman–Crippen MR) is 68.2 cm³/mol. The van der Waals surface area contributed by atoms with Gasteiger partial charge in [0.15, 0.2) is 5.69 Å². The van der Waals surface area contributed by atoms with Crippen LogP contribution in [0.15, 0.2) is 4.52 Å². The Morgan fingerprint density at radius 2 is 2.00 bits per heavy atom. The number of piperazine rings is 1. The fourth-order valence-corrected chi connectivity index (χ4v) is 1.97. The lowest BCUT2D eigenvalue weighted by molar-refractivity contribution is 0.0682. The summed E-state index contributed by atoms with van der Waals surface area (Å²) in [4.78, 5) is 15.5. The monoisotopic (exact) mass is 275 g/mol. The molecule has 2 heterocycles. The molecule has 0 radical (unpaired) electrons. The van der Waals surface area contributed by atoms with Crippen molar-refractivity contribution in [3.63, 3.8) is 0 Å². The number of hydrogen-bond donors (Lipinski definition) is 1. The minimum atomic E-state index is -1.02. The van der Waals surface area contributed by atoms with Crippen LogP contribution in [0.2, 0.25) is 0 Å². The van der Waals surface area contributed by atoms with Crippen LogP contribution < -0.4 is 0 Å². The Bertz CT molecular complexity index is 414. The number of halogens is 1. The average Bonchev–Trinajstić information content (AvgIpc) is 2.64. The maximum atomic E-state index is 11.0. The van der Waals surface area contributed by atoms with Crippen molar-refractivity contribution in [1.29, 1.82) is 0 Å². The van der Waals surface area contributed by atoms with E-state index < -0.39 is 5.97 Å². The van der Waals surface area contributed by atoms with Crippen molar-refractivity contribution >= 4 is 18.4 Å². The fourth-order valence-electron chi connectivity index (χ4n) is 1.97. The molecule has 0 bridgehead atoms. The van der Waals surface area contributed by atoms with Crippen LogP contribution in [0.4, 0.5) is 0 Å². The maximum absolute atomic E-state index is 11.0. The van der Waals surface area contributed by atoms with Crippen LogP contribution in [0.25, 0.3) is 0 Å². The van der Waals surface area contributed by atoms with Gasteiger partial charge in [-0.05, 0) is 14.0 Å². The second-order valence-electron chi connectivity index (χ2n) is 4.45. The largest absolute Gasteiger partial charge is 0.476 e. The van der Waals surface area contributed by atoms with Gasteiger partial charge in [-0.25, -0.2) is 4.79 Å². The quantitative estimate of drug-likeness (QED) is 0.882.